The summed E-state index contributed by atoms with van der Waals surface area (Å²) in [6.07, 6.45) is 1.67. The van der Waals surface area contributed by atoms with Crippen LogP contribution in [0.2, 0.25) is 0 Å². The average molecular weight is 340 g/mol. The molecule has 0 amide bonds. The van der Waals surface area contributed by atoms with Gasteiger partial charge in [0, 0.05) is 37.4 Å². The Hall–Kier alpha value is -1.98. The van der Waals surface area contributed by atoms with Crippen molar-refractivity contribution >= 4 is 5.82 Å². The SMILES string of the molecule is Cc1nc(C)c(C)c(NCc2ccc(CN3CCC(O)CC3)cc2)n1. The van der Waals surface area contributed by atoms with E-state index in [1.165, 1.54) is 11.1 Å². The molecule has 1 aromatic carbocycles. The Balaban J connectivity index is 1.56. The van der Waals surface area contributed by atoms with Gasteiger partial charge in [0.1, 0.15) is 11.6 Å². The first-order valence-corrected chi connectivity index (χ1v) is 9.05. The van der Waals surface area contributed by atoms with E-state index in [0.717, 1.165) is 61.9 Å². The van der Waals surface area contributed by atoms with Gasteiger partial charge in [-0.25, -0.2) is 9.97 Å². The van der Waals surface area contributed by atoms with Gasteiger partial charge in [0.15, 0.2) is 0 Å². The second-order valence-corrected chi connectivity index (χ2v) is 7.01. The highest BCUT2D eigenvalue weighted by atomic mass is 16.3. The predicted octanol–water partition coefficient (Wildman–Crippen LogP) is 2.97. The van der Waals surface area contributed by atoms with Gasteiger partial charge >= 0.3 is 0 Å². The summed E-state index contributed by atoms with van der Waals surface area (Å²) in [6, 6.07) is 8.76. The number of rotatable bonds is 5. The zero-order chi connectivity index (χ0) is 17.8. The molecule has 2 aromatic rings. The lowest BCUT2D eigenvalue weighted by Gasteiger charge is -2.29. The van der Waals surface area contributed by atoms with E-state index < -0.39 is 0 Å². The van der Waals surface area contributed by atoms with Gasteiger partial charge in [-0.1, -0.05) is 24.3 Å². The number of benzene rings is 1. The number of aromatic nitrogens is 2. The van der Waals surface area contributed by atoms with Crippen LogP contribution in [0.1, 0.15) is 41.1 Å². The third-order valence-electron chi connectivity index (χ3n) is 4.95. The number of aliphatic hydroxyl groups excluding tert-OH is 1. The maximum Gasteiger partial charge on any atom is 0.133 e. The van der Waals surface area contributed by atoms with Crippen molar-refractivity contribution in [2.24, 2.45) is 0 Å². The highest BCUT2D eigenvalue weighted by molar-refractivity contribution is 5.46. The van der Waals surface area contributed by atoms with Gasteiger partial charge in [-0.2, -0.15) is 0 Å². The number of piperidine rings is 1. The van der Waals surface area contributed by atoms with Crippen molar-refractivity contribution in [2.45, 2.75) is 52.8 Å². The maximum absolute atomic E-state index is 9.59. The molecule has 0 radical (unpaired) electrons. The fraction of sp³-hybridized carbons (Fsp3) is 0.500. The van der Waals surface area contributed by atoms with Crippen LogP contribution in [0.3, 0.4) is 0 Å². The maximum atomic E-state index is 9.59. The summed E-state index contributed by atoms with van der Waals surface area (Å²) in [5, 5.41) is 13.0. The number of anilines is 1. The molecule has 0 bridgehead atoms. The van der Waals surface area contributed by atoms with Crippen LogP contribution in [0.5, 0.6) is 0 Å². The molecule has 0 spiro atoms. The Morgan fingerprint density at radius 2 is 1.68 bits per heavy atom. The lowest BCUT2D eigenvalue weighted by Crippen LogP contribution is -2.35. The summed E-state index contributed by atoms with van der Waals surface area (Å²) in [7, 11) is 0. The van der Waals surface area contributed by atoms with Crippen LogP contribution < -0.4 is 5.32 Å². The first kappa shape index (κ1) is 17.8. The minimum absolute atomic E-state index is 0.109. The van der Waals surface area contributed by atoms with Gasteiger partial charge in [-0.3, -0.25) is 4.90 Å². The molecule has 3 rings (SSSR count). The van der Waals surface area contributed by atoms with Gasteiger partial charge in [0.25, 0.3) is 0 Å². The lowest BCUT2D eigenvalue weighted by molar-refractivity contribution is 0.0792. The summed E-state index contributed by atoms with van der Waals surface area (Å²) in [5.74, 6) is 1.72. The van der Waals surface area contributed by atoms with E-state index in [1.807, 2.05) is 13.8 Å². The van der Waals surface area contributed by atoms with Crippen molar-refractivity contribution in [3.63, 3.8) is 0 Å². The second-order valence-electron chi connectivity index (χ2n) is 7.01. The first-order chi connectivity index (χ1) is 12.0. The second kappa shape index (κ2) is 7.93. The van der Waals surface area contributed by atoms with Crippen LogP contribution in [0, 0.1) is 20.8 Å². The number of nitrogens with one attached hydrogen (secondary N) is 1. The topological polar surface area (TPSA) is 61.3 Å². The third-order valence-corrected chi connectivity index (χ3v) is 4.95. The Bertz CT molecular complexity index is 706. The molecule has 5 nitrogen and oxygen atoms in total. The van der Waals surface area contributed by atoms with Crippen molar-refractivity contribution in [1.82, 2.24) is 14.9 Å². The molecule has 1 saturated heterocycles. The fourth-order valence-electron chi connectivity index (χ4n) is 3.22. The Morgan fingerprint density at radius 1 is 1.04 bits per heavy atom. The zero-order valence-corrected chi connectivity index (χ0v) is 15.4. The summed E-state index contributed by atoms with van der Waals surface area (Å²) in [6.45, 7) is 9.68. The van der Waals surface area contributed by atoms with E-state index in [4.69, 9.17) is 0 Å². The molecule has 2 N–H and O–H groups in total. The van der Waals surface area contributed by atoms with Gasteiger partial charge in [-0.15, -0.1) is 0 Å². The first-order valence-electron chi connectivity index (χ1n) is 9.05. The molecule has 0 saturated carbocycles. The highest BCUT2D eigenvalue weighted by Gasteiger charge is 2.16. The van der Waals surface area contributed by atoms with Crippen LogP contribution in [0.4, 0.5) is 5.82 Å². The quantitative estimate of drug-likeness (QED) is 0.876. The minimum Gasteiger partial charge on any atom is -0.393 e. The normalized spacial score (nSPS) is 16.2. The van der Waals surface area contributed by atoms with E-state index in [-0.39, 0.29) is 6.10 Å². The minimum atomic E-state index is -0.109. The van der Waals surface area contributed by atoms with E-state index in [0.29, 0.717) is 0 Å². The van der Waals surface area contributed by atoms with Crippen LogP contribution in [-0.2, 0) is 13.1 Å². The number of aryl methyl sites for hydroxylation is 2. The summed E-state index contributed by atoms with van der Waals surface area (Å²) in [5.41, 5.74) is 4.70. The molecular formula is C20H28N4O. The number of aliphatic hydroxyl groups is 1. The monoisotopic (exact) mass is 340 g/mol. The molecule has 1 fully saturated rings. The van der Waals surface area contributed by atoms with Gasteiger partial charge in [0.2, 0.25) is 0 Å². The van der Waals surface area contributed by atoms with Gasteiger partial charge in [0.05, 0.1) is 6.10 Å². The number of hydrogen-bond donors (Lipinski definition) is 2. The molecule has 0 unspecified atom stereocenters. The molecule has 2 heterocycles. The number of nitrogens with zero attached hydrogens (tertiary/aromatic N) is 3. The van der Waals surface area contributed by atoms with Crippen molar-refractivity contribution in [1.29, 1.82) is 0 Å². The van der Waals surface area contributed by atoms with Crippen LogP contribution in [0.25, 0.3) is 0 Å². The van der Waals surface area contributed by atoms with Crippen LogP contribution >= 0.6 is 0 Å². The molecular weight excluding hydrogens is 312 g/mol. The van der Waals surface area contributed by atoms with Crippen molar-refractivity contribution in [2.75, 3.05) is 18.4 Å². The Morgan fingerprint density at radius 3 is 2.36 bits per heavy atom. The van der Waals surface area contributed by atoms with Crippen molar-refractivity contribution in [3.8, 4) is 0 Å². The molecule has 1 aliphatic rings. The fourth-order valence-corrected chi connectivity index (χ4v) is 3.22. The molecule has 5 heteroatoms. The molecule has 1 aromatic heterocycles. The van der Waals surface area contributed by atoms with Crippen LogP contribution in [0.15, 0.2) is 24.3 Å². The lowest BCUT2D eigenvalue weighted by atomic mass is 10.1. The molecule has 1 aliphatic heterocycles. The average Bonchev–Trinajstić information content (AvgIpc) is 2.60. The third kappa shape index (κ3) is 4.77. The smallest absolute Gasteiger partial charge is 0.133 e. The summed E-state index contributed by atoms with van der Waals surface area (Å²) in [4.78, 5) is 11.3. The Kier molecular flexibility index (Phi) is 5.66. The predicted molar refractivity (Wildman–Crippen MR) is 101 cm³/mol. The molecule has 0 aliphatic carbocycles. The van der Waals surface area contributed by atoms with Crippen LogP contribution in [-0.4, -0.2) is 39.2 Å². The molecule has 134 valence electrons. The van der Waals surface area contributed by atoms with Gasteiger partial charge < -0.3 is 10.4 Å². The van der Waals surface area contributed by atoms with E-state index >= 15 is 0 Å². The van der Waals surface area contributed by atoms with Gasteiger partial charge in [-0.05, 0) is 44.7 Å². The molecule has 25 heavy (non-hydrogen) atoms. The van der Waals surface area contributed by atoms with E-state index in [2.05, 4.69) is 51.4 Å². The summed E-state index contributed by atoms with van der Waals surface area (Å²) >= 11 is 0. The largest absolute Gasteiger partial charge is 0.393 e. The van der Waals surface area contributed by atoms with Crippen molar-refractivity contribution in [3.05, 3.63) is 52.5 Å². The highest BCUT2D eigenvalue weighted by Crippen LogP contribution is 2.17. The standard InChI is InChI=1S/C20H28N4O/c1-14-15(2)22-16(3)23-20(14)21-12-17-4-6-18(7-5-17)13-24-10-8-19(25)9-11-24/h4-7,19,25H,8-13H2,1-3H3,(H,21,22,23). The van der Waals surface area contributed by atoms with E-state index in [1.54, 1.807) is 0 Å². The number of likely N-dealkylation sites (tertiary alicyclic amines) is 1. The van der Waals surface area contributed by atoms with E-state index in [9.17, 15) is 5.11 Å². The Labute approximate surface area is 150 Å². The molecule has 0 atom stereocenters. The zero-order valence-electron chi connectivity index (χ0n) is 15.4. The van der Waals surface area contributed by atoms with Crippen molar-refractivity contribution < 1.29 is 5.11 Å². The number of hydrogen-bond acceptors (Lipinski definition) is 5. The summed E-state index contributed by atoms with van der Waals surface area (Å²) < 4.78 is 0.